The summed E-state index contributed by atoms with van der Waals surface area (Å²) in [5.41, 5.74) is 1.08. The van der Waals surface area contributed by atoms with Crippen molar-refractivity contribution < 1.29 is 41.4 Å². The number of methoxy groups -OCH3 is 1. The molecule has 0 spiro atoms. The lowest BCUT2D eigenvalue weighted by atomic mass is 9.96. The molecular weight excluding hydrogens is 644 g/mol. The second-order valence-corrected chi connectivity index (χ2v) is 12.3. The van der Waals surface area contributed by atoms with E-state index in [0.717, 1.165) is 25.9 Å². The van der Waals surface area contributed by atoms with Crippen molar-refractivity contribution >= 4 is 29.4 Å². The van der Waals surface area contributed by atoms with E-state index in [2.05, 4.69) is 4.90 Å². The standard InChI is InChI=1S/C33H39ClF4N4O5/c1-3-6-26-29(21-7-9-22(34)10-8-21)42(30(39-26)25-12-11-24(45-2)20-27(25)46-18-14-35)32(44)41-17-13-23(40-15-4-5-16-40)19-28(41)47-31(43)33(36,37)38/h7-12,20,23,26,28-29H,3-6,13-19H2,1-2H3. The lowest BCUT2D eigenvalue weighted by Crippen LogP contribution is -2.58. The lowest BCUT2D eigenvalue weighted by Gasteiger charge is -2.44. The number of piperidine rings is 1. The summed E-state index contributed by atoms with van der Waals surface area (Å²) in [6.45, 7) is 2.59. The van der Waals surface area contributed by atoms with E-state index < -0.39 is 43.2 Å². The minimum atomic E-state index is -5.24. The van der Waals surface area contributed by atoms with Gasteiger partial charge >= 0.3 is 18.2 Å². The number of hydrogen-bond donors (Lipinski definition) is 0. The molecule has 3 aliphatic heterocycles. The van der Waals surface area contributed by atoms with Crippen molar-refractivity contribution in [3.63, 3.8) is 0 Å². The van der Waals surface area contributed by atoms with E-state index in [-0.39, 0.29) is 37.2 Å². The normalized spacial score (nSPS) is 23.5. The molecule has 0 bridgehead atoms. The van der Waals surface area contributed by atoms with Crippen LogP contribution in [-0.4, -0.2) is 97.0 Å². The Morgan fingerprint density at radius 3 is 2.43 bits per heavy atom. The maximum absolute atomic E-state index is 14.8. The van der Waals surface area contributed by atoms with E-state index in [0.29, 0.717) is 41.2 Å². The van der Waals surface area contributed by atoms with Crippen LogP contribution in [0.5, 0.6) is 11.5 Å². The molecule has 0 saturated carbocycles. The Morgan fingerprint density at radius 1 is 1.06 bits per heavy atom. The minimum Gasteiger partial charge on any atom is -0.497 e. The predicted octanol–water partition coefficient (Wildman–Crippen LogP) is 6.78. The first kappa shape index (κ1) is 34.7. The maximum Gasteiger partial charge on any atom is 0.491 e. The van der Waals surface area contributed by atoms with Crippen LogP contribution in [0, 0.1) is 0 Å². The number of carbonyl (C=O) groups is 2. The summed E-state index contributed by atoms with van der Waals surface area (Å²) in [4.78, 5) is 36.9. The van der Waals surface area contributed by atoms with Crippen LogP contribution in [0.4, 0.5) is 22.4 Å². The Morgan fingerprint density at radius 2 is 1.79 bits per heavy atom. The number of ether oxygens (including phenoxy) is 3. The summed E-state index contributed by atoms with van der Waals surface area (Å²) in [5.74, 6) is -1.50. The quantitative estimate of drug-likeness (QED) is 0.203. The van der Waals surface area contributed by atoms with E-state index in [1.165, 1.54) is 16.9 Å². The van der Waals surface area contributed by atoms with Gasteiger partial charge in [-0.1, -0.05) is 37.1 Å². The second-order valence-electron chi connectivity index (χ2n) is 11.8. The molecule has 2 saturated heterocycles. The monoisotopic (exact) mass is 682 g/mol. The van der Waals surface area contributed by atoms with Gasteiger partial charge in [0.05, 0.1) is 24.8 Å². The molecule has 0 aromatic heterocycles. The van der Waals surface area contributed by atoms with Gasteiger partial charge in [-0.2, -0.15) is 13.2 Å². The molecule has 4 unspecified atom stereocenters. The number of benzene rings is 2. The van der Waals surface area contributed by atoms with Crippen LogP contribution in [0.3, 0.4) is 0 Å². The summed E-state index contributed by atoms with van der Waals surface area (Å²) >= 11 is 6.21. The highest BCUT2D eigenvalue weighted by Gasteiger charge is 2.49. The fraction of sp³-hybridized carbons (Fsp3) is 0.545. The SMILES string of the molecule is CCCC1N=C(c2ccc(OC)cc2OCCF)N(C(=O)N2CCC(N3CCCC3)CC2OC(=O)C(F)(F)F)C1c1ccc(Cl)cc1. The zero-order valence-corrected chi connectivity index (χ0v) is 27.1. The Hall–Kier alpha value is -3.58. The number of aliphatic imine (C=N–C) groups is 1. The van der Waals surface area contributed by atoms with Crippen LogP contribution < -0.4 is 9.47 Å². The maximum atomic E-state index is 14.8. The summed E-state index contributed by atoms with van der Waals surface area (Å²) in [5, 5.41) is 0.484. The Kier molecular flexibility index (Phi) is 11.2. The van der Waals surface area contributed by atoms with Crippen molar-refractivity contribution in [1.29, 1.82) is 0 Å². The van der Waals surface area contributed by atoms with Gasteiger partial charge in [0.1, 0.15) is 30.6 Å². The number of amidine groups is 1. The van der Waals surface area contributed by atoms with Gasteiger partial charge in [0.2, 0.25) is 0 Å². The topological polar surface area (TPSA) is 83.9 Å². The van der Waals surface area contributed by atoms with Gasteiger partial charge in [0, 0.05) is 30.1 Å². The Labute approximate surface area is 276 Å². The number of halogens is 5. The summed E-state index contributed by atoms with van der Waals surface area (Å²) in [7, 11) is 1.47. The minimum absolute atomic E-state index is 0.0330. The highest BCUT2D eigenvalue weighted by Crippen LogP contribution is 2.41. The summed E-state index contributed by atoms with van der Waals surface area (Å²) in [6.07, 6.45) is -2.96. The van der Waals surface area contributed by atoms with Crippen molar-refractivity contribution in [3.05, 3.63) is 58.6 Å². The summed E-state index contributed by atoms with van der Waals surface area (Å²) in [6, 6.07) is 9.87. The molecule has 2 aromatic carbocycles. The number of urea groups is 1. The van der Waals surface area contributed by atoms with Crippen molar-refractivity contribution in [3.8, 4) is 11.5 Å². The number of carbonyl (C=O) groups excluding carboxylic acids is 2. The van der Waals surface area contributed by atoms with E-state index >= 15 is 0 Å². The third kappa shape index (κ3) is 7.77. The van der Waals surface area contributed by atoms with Gasteiger partial charge in [-0.3, -0.25) is 14.8 Å². The second kappa shape index (κ2) is 15.1. The largest absolute Gasteiger partial charge is 0.497 e. The molecule has 2 aromatic rings. The van der Waals surface area contributed by atoms with E-state index in [1.807, 2.05) is 6.92 Å². The zero-order valence-electron chi connectivity index (χ0n) is 26.3. The zero-order chi connectivity index (χ0) is 33.7. The van der Waals surface area contributed by atoms with E-state index in [4.69, 9.17) is 30.8 Å². The first-order valence-electron chi connectivity index (χ1n) is 15.9. The van der Waals surface area contributed by atoms with E-state index in [9.17, 15) is 27.2 Å². The lowest BCUT2D eigenvalue weighted by molar-refractivity contribution is -0.214. The molecule has 3 aliphatic rings. The average Bonchev–Trinajstić information content (AvgIpc) is 3.72. The average molecular weight is 683 g/mol. The molecule has 2 fully saturated rings. The molecule has 14 heteroatoms. The molecule has 2 amide bonds. The number of amides is 2. The molecule has 9 nitrogen and oxygen atoms in total. The first-order valence-corrected chi connectivity index (χ1v) is 16.3. The van der Waals surface area contributed by atoms with Crippen LogP contribution in [-0.2, 0) is 9.53 Å². The molecule has 4 atom stereocenters. The number of likely N-dealkylation sites (tertiary alicyclic amines) is 2. The number of esters is 1. The van der Waals surface area contributed by atoms with Gasteiger partial charge in [0.15, 0.2) is 6.23 Å². The molecular formula is C33H39ClF4N4O5. The third-order valence-corrected chi connectivity index (χ3v) is 9.08. The molecule has 256 valence electrons. The Balaban J connectivity index is 1.59. The van der Waals surface area contributed by atoms with E-state index in [1.54, 1.807) is 42.5 Å². The van der Waals surface area contributed by atoms with Gasteiger partial charge < -0.3 is 19.1 Å². The number of alkyl halides is 4. The van der Waals surface area contributed by atoms with Crippen molar-refractivity contribution in [2.45, 2.75) is 76.0 Å². The van der Waals surface area contributed by atoms with Gasteiger partial charge in [-0.25, -0.2) is 14.0 Å². The smallest absolute Gasteiger partial charge is 0.491 e. The van der Waals surface area contributed by atoms with Gasteiger partial charge in [0.25, 0.3) is 0 Å². The molecule has 3 heterocycles. The van der Waals surface area contributed by atoms with Gasteiger partial charge in [-0.15, -0.1) is 0 Å². The predicted molar refractivity (Wildman–Crippen MR) is 168 cm³/mol. The summed E-state index contributed by atoms with van der Waals surface area (Å²) < 4.78 is 69.9. The first-order chi connectivity index (χ1) is 22.5. The fourth-order valence-corrected chi connectivity index (χ4v) is 6.77. The highest BCUT2D eigenvalue weighted by atomic mass is 35.5. The van der Waals surface area contributed by atoms with Crippen LogP contribution in [0.25, 0.3) is 0 Å². The fourth-order valence-electron chi connectivity index (χ4n) is 6.64. The van der Waals surface area contributed by atoms with Crippen molar-refractivity contribution in [2.75, 3.05) is 40.0 Å². The molecule has 47 heavy (non-hydrogen) atoms. The molecule has 0 radical (unpaired) electrons. The van der Waals surface area contributed by atoms with Crippen LogP contribution in [0.2, 0.25) is 5.02 Å². The van der Waals surface area contributed by atoms with Crippen molar-refractivity contribution in [1.82, 2.24) is 14.7 Å². The molecule has 5 rings (SSSR count). The van der Waals surface area contributed by atoms with Gasteiger partial charge in [-0.05, 0) is 68.6 Å². The molecule has 0 N–H and O–H groups in total. The Bertz CT molecular complexity index is 1440. The van der Waals surface area contributed by atoms with Crippen LogP contribution in [0.15, 0.2) is 47.5 Å². The van der Waals surface area contributed by atoms with Crippen LogP contribution >= 0.6 is 11.6 Å². The number of hydrogen-bond acceptors (Lipinski definition) is 7. The number of nitrogens with zero attached hydrogens (tertiary/aromatic N) is 4. The molecule has 0 aliphatic carbocycles. The number of rotatable bonds is 10. The van der Waals surface area contributed by atoms with Crippen molar-refractivity contribution in [2.24, 2.45) is 4.99 Å². The van der Waals surface area contributed by atoms with Crippen LogP contribution in [0.1, 0.15) is 62.6 Å². The third-order valence-electron chi connectivity index (χ3n) is 8.83. The highest BCUT2D eigenvalue weighted by molar-refractivity contribution is 6.30.